The molecule has 0 aliphatic heterocycles. The number of hydrogen-bond donors (Lipinski definition) is 2. The molecule has 2 N–H and O–H groups in total. The number of hydrogen-bond acceptors (Lipinski definition) is 3. The lowest BCUT2D eigenvalue weighted by Gasteiger charge is -2.10. The Labute approximate surface area is 158 Å². The van der Waals surface area contributed by atoms with Crippen molar-refractivity contribution in [1.29, 1.82) is 0 Å². The molecule has 5 heteroatoms. The predicted octanol–water partition coefficient (Wildman–Crippen LogP) is 3.17. The summed E-state index contributed by atoms with van der Waals surface area (Å²) in [6.45, 7) is 1.91. The molecular weight excluding hydrogens is 340 g/mol. The highest BCUT2D eigenvalue weighted by Crippen LogP contribution is 2.18. The van der Waals surface area contributed by atoms with Crippen molar-refractivity contribution >= 4 is 22.6 Å². The maximum atomic E-state index is 12.1. The van der Waals surface area contributed by atoms with E-state index in [2.05, 4.69) is 17.8 Å². The molecule has 0 aromatic heterocycles. The number of carbonyl (C=O) groups is 2. The van der Waals surface area contributed by atoms with Gasteiger partial charge in [-0.3, -0.25) is 20.4 Å². The van der Waals surface area contributed by atoms with Crippen LogP contribution in [-0.2, 0) is 22.4 Å². The Bertz CT molecular complexity index is 930. The van der Waals surface area contributed by atoms with Crippen molar-refractivity contribution in [2.45, 2.75) is 19.8 Å². The predicted molar refractivity (Wildman–Crippen MR) is 105 cm³/mol. The molecule has 0 aliphatic carbocycles. The number of rotatable bonds is 6. The Hall–Kier alpha value is -3.34. The molecule has 0 atom stereocenters. The third-order valence-corrected chi connectivity index (χ3v) is 4.27. The van der Waals surface area contributed by atoms with E-state index in [1.807, 2.05) is 66.7 Å². The first-order valence-corrected chi connectivity index (χ1v) is 8.92. The molecule has 0 saturated carbocycles. The topological polar surface area (TPSA) is 67.4 Å². The van der Waals surface area contributed by atoms with Crippen LogP contribution in [0.15, 0.2) is 66.7 Å². The average molecular weight is 362 g/mol. The van der Waals surface area contributed by atoms with Gasteiger partial charge >= 0.3 is 0 Å². The van der Waals surface area contributed by atoms with E-state index in [9.17, 15) is 9.59 Å². The second-order valence-electron chi connectivity index (χ2n) is 6.20. The molecule has 0 spiro atoms. The summed E-state index contributed by atoms with van der Waals surface area (Å²) in [7, 11) is 0. The summed E-state index contributed by atoms with van der Waals surface area (Å²) in [5, 5.41) is 2.11. The number of fused-ring (bicyclic) bond motifs is 1. The highest BCUT2D eigenvalue weighted by atomic mass is 16.5. The zero-order valence-corrected chi connectivity index (χ0v) is 15.2. The minimum atomic E-state index is -0.416. The van der Waals surface area contributed by atoms with Crippen LogP contribution in [0, 0.1) is 0 Å². The summed E-state index contributed by atoms with van der Waals surface area (Å²) in [4.78, 5) is 24.0. The third kappa shape index (κ3) is 5.07. The monoisotopic (exact) mass is 362 g/mol. The first kappa shape index (κ1) is 18.5. The Morgan fingerprint density at radius 2 is 1.56 bits per heavy atom. The van der Waals surface area contributed by atoms with Crippen LogP contribution in [0.25, 0.3) is 10.8 Å². The number of amides is 2. The van der Waals surface area contributed by atoms with Gasteiger partial charge in [-0.1, -0.05) is 61.5 Å². The maximum Gasteiger partial charge on any atom is 0.276 e. The maximum absolute atomic E-state index is 12.1. The fraction of sp³-hybridized carbons (Fsp3) is 0.182. The second-order valence-corrected chi connectivity index (χ2v) is 6.20. The zero-order valence-electron chi connectivity index (χ0n) is 15.2. The molecule has 5 nitrogen and oxygen atoms in total. The summed E-state index contributed by atoms with van der Waals surface area (Å²) in [6.07, 6.45) is 1.13. The second kappa shape index (κ2) is 8.85. The van der Waals surface area contributed by atoms with Gasteiger partial charge in [-0.15, -0.1) is 0 Å². The number of carbonyl (C=O) groups excluding carboxylic acids is 2. The minimum absolute atomic E-state index is 0.167. The highest BCUT2D eigenvalue weighted by Gasteiger charge is 2.09. The van der Waals surface area contributed by atoms with Gasteiger partial charge in [0.1, 0.15) is 5.75 Å². The molecule has 0 radical (unpaired) electrons. The minimum Gasteiger partial charge on any atom is -0.484 e. The van der Waals surface area contributed by atoms with E-state index in [-0.39, 0.29) is 18.9 Å². The van der Waals surface area contributed by atoms with E-state index in [1.165, 1.54) is 5.56 Å². The number of nitrogens with one attached hydrogen (secondary N) is 2. The fourth-order valence-electron chi connectivity index (χ4n) is 2.81. The van der Waals surface area contributed by atoms with Gasteiger partial charge in [0, 0.05) is 0 Å². The Balaban J connectivity index is 1.47. The molecule has 0 saturated heterocycles. The standard InChI is InChI=1S/C22H22N2O3/c1-2-16-10-12-19(13-11-16)27-15-22(26)24-23-21(25)14-18-8-5-7-17-6-3-4-9-20(17)18/h3-13H,2,14-15H2,1H3,(H,23,25)(H,24,26). The van der Waals surface area contributed by atoms with Gasteiger partial charge in [-0.05, 0) is 40.5 Å². The van der Waals surface area contributed by atoms with Crippen LogP contribution >= 0.6 is 0 Å². The van der Waals surface area contributed by atoms with Crippen LogP contribution in [0.2, 0.25) is 0 Å². The largest absolute Gasteiger partial charge is 0.484 e. The van der Waals surface area contributed by atoms with Gasteiger partial charge in [0.05, 0.1) is 6.42 Å². The summed E-state index contributed by atoms with van der Waals surface area (Å²) in [6, 6.07) is 21.3. The van der Waals surface area contributed by atoms with Crippen molar-refractivity contribution in [3.63, 3.8) is 0 Å². The molecule has 0 heterocycles. The van der Waals surface area contributed by atoms with Crippen LogP contribution in [0.5, 0.6) is 5.75 Å². The molecule has 0 aliphatic rings. The quantitative estimate of drug-likeness (QED) is 0.662. The lowest BCUT2D eigenvalue weighted by Crippen LogP contribution is -2.44. The highest BCUT2D eigenvalue weighted by molar-refractivity contribution is 5.91. The molecule has 0 fully saturated rings. The summed E-state index contributed by atoms with van der Waals surface area (Å²) in [5.74, 6) is -0.0859. The van der Waals surface area contributed by atoms with Crippen LogP contribution in [0.1, 0.15) is 18.1 Å². The van der Waals surface area contributed by atoms with Crippen LogP contribution in [0.3, 0.4) is 0 Å². The molecule has 27 heavy (non-hydrogen) atoms. The zero-order chi connectivity index (χ0) is 19.1. The molecule has 3 aromatic carbocycles. The van der Waals surface area contributed by atoms with E-state index >= 15 is 0 Å². The SMILES string of the molecule is CCc1ccc(OCC(=O)NNC(=O)Cc2cccc3ccccc23)cc1. The number of ether oxygens (including phenoxy) is 1. The van der Waals surface area contributed by atoms with Gasteiger partial charge in [-0.2, -0.15) is 0 Å². The van der Waals surface area contributed by atoms with Crippen LogP contribution in [-0.4, -0.2) is 18.4 Å². The Kier molecular flexibility index (Phi) is 6.05. The van der Waals surface area contributed by atoms with Crippen molar-refractivity contribution in [3.8, 4) is 5.75 Å². The van der Waals surface area contributed by atoms with Gasteiger partial charge in [-0.25, -0.2) is 0 Å². The first-order valence-electron chi connectivity index (χ1n) is 8.92. The average Bonchev–Trinajstić information content (AvgIpc) is 2.71. The lowest BCUT2D eigenvalue weighted by atomic mass is 10.0. The lowest BCUT2D eigenvalue weighted by molar-refractivity contribution is -0.129. The van der Waals surface area contributed by atoms with Crippen molar-refractivity contribution in [2.24, 2.45) is 0 Å². The normalized spacial score (nSPS) is 10.4. The third-order valence-electron chi connectivity index (χ3n) is 4.27. The summed E-state index contributed by atoms with van der Waals surface area (Å²) < 4.78 is 5.41. The van der Waals surface area contributed by atoms with E-state index in [0.29, 0.717) is 5.75 Å². The number of hydrazine groups is 1. The number of benzene rings is 3. The van der Waals surface area contributed by atoms with Crippen molar-refractivity contribution in [3.05, 3.63) is 77.9 Å². The first-order chi connectivity index (χ1) is 13.2. The van der Waals surface area contributed by atoms with E-state index in [0.717, 1.165) is 22.8 Å². The molecule has 3 aromatic rings. The molecule has 3 rings (SSSR count). The number of aryl methyl sites for hydroxylation is 1. The summed E-state index contributed by atoms with van der Waals surface area (Å²) >= 11 is 0. The summed E-state index contributed by atoms with van der Waals surface area (Å²) in [5.41, 5.74) is 6.92. The molecular formula is C22H22N2O3. The smallest absolute Gasteiger partial charge is 0.276 e. The molecule has 0 bridgehead atoms. The fourth-order valence-corrected chi connectivity index (χ4v) is 2.81. The van der Waals surface area contributed by atoms with Crippen LogP contribution in [0.4, 0.5) is 0 Å². The molecule has 2 amide bonds. The molecule has 0 unspecified atom stereocenters. The molecule has 138 valence electrons. The van der Waals surface area contributed by atoms with E-state index in [1.54, 1.807) is 0 Å². The van der Waals surface area contributed by atoms with Gasteiger partial charge < -0.3 is 4.74 Å². The van der Waals surface area contributed by atoms with E-state index < -0.39 is 5.91 Å². The van der Waals surface area contributed by atoms with E-state index in [4.69, 9.17) is 4.74 Å². The Morgan fingerprint density at radius 3 is 2.33 bits per heavy atom. The van der Waals surface area contributed by atoms with Crippen molar-refractivity contribution < 1.29 is 14.3 Å². The Morgan fingerprint density at radius 1 is 0.852 bits per heavy atom. The van der Waals surface area contributed by atoms with Gasteiger partial charge in [0.2, 0.25) is 5.91 Å². The van der Waals surface area contributed by atoms with Gasteiger partial charge in [0.15, 0.2) is 6.61 Å². The van der Waals surface area contributed by atoms with Gasteiger partial charge in [0.25, 0.3) is 5.91 Å². The van der Waals surface area contributed by atoms with Crippen molar-refractivity contribution in [1.82, 2.24) is 10.9 Å². The van der Waals surface area contributed by atoms with Crippen LogP contribution < -0.4 is 15.6 Å². The van der Waals surface area contributed by atoms with Crippen molar-refractivity contribution in [2.75, 3.05) is 6.61 Å².